The fraction of sp³-hybridized carbons (Fsp3) is 0.235. The fourth-order valence-corrected chi connectivity index (χ4v) is 3.92. The third kappa shape index (κ3) is 4.86. The molecular weight excluding hydrogens is 420 g/mol. The van der Waals surface area contributed by atoms with Crippen LogP contribution in [0.1, 0.15) is 26.5 Å². The Hall–Kier alpha value is -2.50. The number of anilines is 1. The van der Waals surface area contributed by atoms with E-state index in [1.807, 2.05) is 24.3 Å². The number of oxime groups is 1. The Morgan fingerprint density at radius 3 is 2.61 bits per heavy atom. The van der Waals surface area contributed by atoms with Crippen LogP contribution >= 0.6 is 34.7 Å². The van der Waals surface area contributed by atoms with Gasteiger partial charge in [-0.2, -0.15) is 0 Å². The minimum atomic E-state index is -0.823. The van der Waals surface area contributed by atoms with Gasteiger partial charge >= 0.3 is 11.9 Å². The quantitative estimate of drug-likeness (QED) is 0.277. The van der Waals surface area contributed by atoms with Crippen molar-refractivity contribution in [3.8, 4) is 0 Å². The Morgan fingerprint density at radius 1 is 1.21 bits per heavy atom. The number of aromatic nitrogens is 2. The SMILES string of the molecule is CC(C)(C)C(=O)O/N=C(\C(=O)OSc1nc2ccccc2s1)c1csc(N)n1. The second-order valence-corrected chi connectivity index (χ2v) is 9.44. The summed E-state index contributed by atoms with van der Waals surface area (Å²) in [4.78, 5) is 37.8. The summed E-state index contributed by atoms with van der Waals surface area (Å²) in [5.74, 6) is -1.42. The minimum Gasteiger partial charge on any atom is -0.379 e. The highest BCUT2D eigenvalue weighted by atomic mass is 32.2. The van der Waals surface area contributed by atoms with E-state index in [2.05, 4.69) is 15.1 Å². The molecule has 0 unspecified atom stereocenters. The maximum atomic E-state index is 12.5. The van der Waals surface area contributed by atoms with Crippen LogP contribution in [0.25, 0.3) is 10.2 Å². The van der Waals surface area contributed by atoms with Gasteiger partial charge in [0.1, 0.15) is 17.7 Å². The smallest absolute Gasteiger partial charge is 0.375 e. The molecule has 3 aromatic rings. The van der Waals surface area contributed by atoms with E-state index in [4.69, 9.17) is 14.8 Å². The Balaban J connectivity index is 1.77. The van der Waals surface area contributed by atoms with Crippen LogP contribution in [-0.2, 0) is 18.6 Å². The van der Waals surface area contributed by atoms with Gasteiger partial charge in [0.15, 0.2) is 9.47 Å². The van der Waals surface area contributed by atoms with Crippen LogP contribution in [0.3, 0.4) is 0 Å². The topological polar surface area (TPSA) is 117 Å². The standard InChI is InChI=1S/C17H16N4O4S3/c1-17(2,3)14(23)24-21-12(10-8-26-15(18)19-10)13(22)25-28-16-20-9-6-4-5-7-11(9)27-16/h4-8H,1-3H3,(H2,18,19)/b21-12-. The van der Waals surface area contributed by atoms with Gasteiger partial charge in [0, 0.05) is 5.38 Å². The number of thiazole rings is 2. The molecule has 28 heavy (non-hydrogen) atoms. The van der Waals surface area contributed by atoms with Crippen LogP contribution in [-0.4, -0.2) is 27.6 Å². The van der Waals surface area contributed by atoms with E-state index in [1.165, 1.54) is 16.7 Å². The summed E-state index contributed by atoms with van der Waals surface area (Å²) in [6, 6.07) is 7.58. The first-order valence-corrected chi connectivity index (χ1v) is 10.4. The van der Waals surface area contributed by atoms with Crippen molar-refractivity contribution in [2.45, 2.75) is 25.1 Å². The average Bonchev–Trinajstić information content (AvgIpc) is 3.25. The number of carbonyl (C=O) groups is 2. The summed E-state index contributed by atoms with van der Waals surface area (Å²) in [5.41, 5.74) is 5.57. The lowest BCUT2D eigenvalue weighted by atomic mass is 9.98. The van der Waals surface area contributed by atoms with Gasteiger partial charge in [-0.1, -0.05) is 17.3 Å². The largest absolute Gasteiger partial charge is 0.379 e. The minimum absolute atomic E-state index is 0.166. The molecule has 0 aliphatic rings. The molecule has 2 heterocycles. The van der Waals surface area contributed by atoms with Crippen LogP contribution in [0.4, 0.5) is 5.13 Å². The summed E-state index contributed by atoms with van der Waals surface area (Å²) in [6.07, 6.45) is 0. The first-order valence-electron chi connectivity index (χ1n) is 7.99. The number of para-hydroxylation sites is 1. The zero-order chi connectivity index (χ0) is 20.3. The van der Waals surface area contributed by atoms with Crippen molar-refractivity contribution in [2.75, 3.05) is 5.73 Å². The number of nitrogen functional groups attached to an aromatic ring is 1. The maximum Gasteiger partial charge on any atom is 0.375 e. The number of carbonyl (C=O) groups excluding carboxylic acids is 2. The van der Waals surface area contributed by atoms with Crippen molar-refractivity contribution >= 4 is 67.7 Å². The first kappa shape index (κ1) is 20.2. The van der Waals surface area contributed by atoms with Gasteiger partial charge in [0.05, 0.1) is 15.6 Å². The van der Waals surface area contributed by atoms with Gasteiger partial charge in [0.2, 0.25) is 5.71 Å². The van der Waals surface area contributed by atoms with Crippen molar-refractivity contribution in [2.24, 2.45) is 10.6 Å². The number of hydrogen-bond donors (Lipinski definition) is 1. The molecule has 11 heteroatoms. The zero-order valence-electron chi connectivity index (χ0n) is 15.2. The Kier molecular flexibility index (Phi) is 5.96. The highest BCUT2D eigenvalue weighted by Gasteiger charge is 2.26. The van der Waals surface area contributed by atoms with Crippen molar-refractivity contribution in [3.05, 3.63) is 35.3 Å². The van der Waals surface area contributed by atoms with Crippen LogP contribution in [0.2, 0.25) is 0 Å². The number of hydrogen-bond acceptors (Lipinski definition) is 11. The first-order chi connectivity index (χ1) is 13.2. The monoisotopic (exact) mass is 436 g/mol. The normalized spacial score (nSPS) is 12.2. The van der Waals surface area contributed by atoms with Crippen molar-refractivity contribution < 1.29 is 18.6 Å². The second kappa shape index (κ2) is 8.25. The number of nitrogens with zero attached hydrogens (tertiary/aromatic N) is 3. The third-order valence-corrected chi connectivity index (χ3v) is 5.68. The van der Waals surface area contributed by atoms with Gasteiger partial charge in [-0.05, 0) is 32.9 Å². The van der Waals surface area contributed by atoms with Gasteiger partial charge < -0.3 is 14.8 Å². The summed E-state index contributed by atoms with van der Waals surface area (Å²) in [7, 11) is 0. The van der Waals surface area contributed by atoms with Gasteiger partial charge in [-0.25, -0.2) is 19.6 Å². The van der Waals surface area contributed by atoms with Crippen LogP contribution in [0, 0.1) is 5.41 Å². The van der Waals surface area contributed by atoms with E-state index < -0.39 is 17.4 Å². The molecule has 0 spiro atoms. The molecule has 2 aromatic heterocycles. The molecule has 0 aliphatic carbocycles. The predicted octanol–water partition coefficient (Wildman–Crippen LogP) is 3.88. The van der Waals surface area contributed by atoms with E-state index in [0.717, 1.165) is 33.6 Å². The maximum absolute atomic E-state index is 12.5. The van der Waals surface area contributed by atoms with Crippen molar-refractivity contribution in [1.82, 2.24) is 9.97 Å². The van der Waals surface area contributed by atoms with Gasteiger partial charge in [-0.15, -0.1) is 22.7 Å². The lowest BCUT2D eigenvalue weighted by molar-refractivity contribution is -0.152. The van der Waals surface area contributed by atoms with E-state index >= 15 is 0 Å². The Bertz CT molecular complexity index is 1020. The van der Waals surface area contributed by atoms with E-state index in [-0.39, 0.29) is 16.5 Å². The highest BCUT2D eigenvalue weighted by molar-refractivity contribution is 7.97. The molecule has 1 aromatic carbocycles. The predicted molar refractivity (Wildman–Crippen MR) is 110 cm³/mol. The molecule has 0 bridgehead atoms. The number of fused-ring (bicyclic) bond motifs is 1. The second-order valence-electron chi connectivity index (χ2n) is 6.54. The molecule has 2 N–H and O–H groups in total. The van der Waals surface area contributed by atoms with E-state index in [1.54, 1.807) is 20.8 Å². The molecule has 146 valence electrons. The van der Waals surface area contributed by atoms with E-state index in [0.29, 0.717) is 4.34 Å². The number of rotatable bonds is 5. The Labute approximate surface area is 173 Å². The molecule has 0 saturated carbocycles. The fourth-order valence-electron chi connectivity index (χ4n) is 1.81. The molecule has 0 fully saturated rings. The molecule has 0 radical (unpaired) electrons. The van der Waals surface area contributed by atoms with Crippen molar-refractivity contribution in [3.63, 3.8) is 0 Å². The average molecular weight is 437 g/mol. The van der Waals surface area contributed by atoms with Gasteiger partial charge in [-0.3, -0.25) is 0 Å². The number of nitrogens with two attached hydrogens (primary N) is 1. The molecule has 0 aliphatic heterocycles. The lowest BCUT2D eigenvalue weighted by Gasteiger charge is -2.13. The molecule has 0 saturated heterocycles. The van der Waals surface area contributed by atoms with Crippen LogP contribution in [0.5, 0.6) is 0 Å². The molecule has 0 atom stereocenters. The highest BCUT2D eigenvalue weighted by Crippen LogP contribution is 2.30. The summed E-state index contributed by atoms with van der Waals surface area (Å²) >= 11 is 3.32. The zero-order valence-corrected chi connectivity index (χ0v) is 17.6. The summed E-state index contributed by atoms with van der Waals surface area (Å²) in [5, 5.41) is 5.46. The van der Waals surface area contributed by atoms with E-state index in [9.17, 15) is 9.59 Å². The summed E-state index contributed by atoms with van der Waals surface area (Å²) < 4.78 is 6.76. The Morgan fingerprint density at radius 2 is 1.96 bits per heavy atom. The van der Waals surface area contributed by atoms with Crippen LogP contribution < -0.4 is 5.73 Å². The van der Waals surface area contributed by atoms with Crippen molar-refractivity contribution in [1.29, 1.82) is 0 Å². The summed E-state index contributed by atoms with van der Waals surface area (Å²) in [6.45, 7) is 5.02. The molecule has 8 nitrogen and oxygen atoms in total. The third-order valence-electron chi connectivity index (χ3n) is 3.25. The molecular formula is C17H16N4O4S3. The lowest BCUT2D eigenvalue weighted by Crippen LogP contribution is -2.23. The van der Waals surface area contributed by atoms with Gasteiger partial charge in [0.25, 0.3) is 0 Å². The molecule has 0 amide bonds. The molecule has 3 rings (SSSR count). The van der Waals surface area contributed by atoms with Crippen LogP contribution in [0.15, 0.2) is 39.1 Å². The number of benzene rings is 1.